The lowest BCUT2D eigenvalue weighted by Crippen LogP contribution is -2.28. The standard InChI is InChI=1S/C79H53NO/c1-6-21-54(22-7-1)61-47-62(55-23-8-2-9-24-55)50-66(49-61)79(65-29-14-5-15-30-65)75-35-18-16-31-71(75)72-46-41-60(53-76(72)79)58-37-42-67(43-38-58)80(69-51-63(56-25-10-3-11-26-56)48-64(52-69)57-27-12-4-13-28-57)68-44-39-59(40-45-68)70-33-20-34-74-73-32-17-19-36-77(73)81-78(70)74/h1-53H. The molecule has 2 nitrogen and oxygen atoms in total. The van der Waals surface area contributed by atoms with Crippen molar-refractivity contribution in [3.8, 4) is 77.9 Å². The summed E-state index contributed by atoms with van der Waals surface area (Å²) in [5.41, 5.74) is 25.7. The van der Waals surface area contributed by atoms with E-state index in [1.165, 1.54) is 55.6 Å². The predicted octanol–water partition coefficient (Wildman–Crippen LogP) is 21.4. The van der Waals surface area contributed by atoms with E-state index in [2.05, 4.69) is 314 Å². The van der Waals surface area contributed by atoms with Gasteiger partial charge in [-0.05, 0) is 167 Å². The molecule has 0 amide bonds. The summed E-state index contributed by atoms with van der Waals surface area (Å²) in [6.45, 7) is 0. The summed E-state index contributed by atoms with van der Waals surface area (Å²) in [5.74, 6) is 0. The minimum Gasteiger partial charge on any atom is -0.455 e. The average Bonchev–Trinajstić information content (AvgIpc) is 4.03. The first-order chi connectivity index (χ1) is 40.1. The van der Waals surface area contributed by atoms with Crippen molar-refractivity contribution in [3.05, 3.63) is 344 Å². The van der Waals surface area contributed by atoms with Crippen LogP contribution in [0.5, 0.6) is 0 Å². The fraction of sp³-hybridized carbons (Fsp3) is 0.0127. The van der Waals surface area contributed by atoms with Gasteiger partial charge < -0.3 is 9.32 Å². The van der Waals surface area contributed by atoms with Gasteiger partial charge in [-0.25, -0.2) is 0 Å². The third-order valence-corrected chi connectivity index (χ3v) is 16.5. The third-order valence-electron chi connectivity index (χ3n) is 16.5. The molecule has 0 saturated carbocycles. The molecule has 1 atom stereocenters. The average molecular weight is 1030 g/mol. The van der Waals surface area contributed by atoms with E-state index in [9.17, 15) is 0 Å². The first-order valence-corrected chi connectivity index (χ1v) is 27.9. The lowest BCUT2D eigenvalue weighted by Gasteiger charge is -2.35. The van der Waals surface area contributed by atoms with Crippen molar-refractivity contribution in [1.29, 1.82) is 0 Å². The van der Waals surface area contributed by atoms with Crippen LogP contribution in [-0.4, -0.2) is 0 Å². The summed E-state index contributed by atoms with van der Waals surface area (Å²) < 4.78 is 6.54. The molecule has 0 saturated heterocycles. The highest BCUT2D eigenvalue weighted by Crippen LogP contribution is 2.58. The van der Waals surface area contributed by atoms with Crippen LogP contribution < -0.4 is 4.90 Å². The van der Waals surface area contributed by atoms with E-state index in [1.54, 1.807) is 0 Å². The second kappa shape index (κ2) is 20.0. The molecule has 0 radical (unpaired) electrons. The van der Waals surface area contributed by atoms with Gasteiger partial charge >= 0.3 is 0 Å². The number of rotatable bonds is 11. The Balaban J connectivity index is 0.890. The quantitative estimate of drug-likeness (QED) is 0.128. The molecule has 2 heteroatoms. The van der Waals surface area contributed by atoms with Crippen molar-refractivity contribution in [2.24, 2.45) is 0 Å². The maximum absolute atomic E-state index is 6.54. The summed E-state index contributed by atoms with van der Waals surface area (Å²) in [7, 11) is 0. The summed E-state index contributed by atoms with van der Waals surface area (Å²) in [6.07, 6.45) is 0. The molecule has 81 heavy (non-hydrogen) atoms. The molecule has 0 N–H and O–H groups in total. The number of furan rings is 1. The Morgan fingerprint density at radius 2 is 0.667 bits per heavy atom. The first kappa shape index (κ1) is 47.7. The molecule has 13 aromatic carbocycles. The Morgan fingerprint density at radius 1 is 0.235 bits per heavy atom. The number of hydrogen-bond donors (Lipinski definition) is 0. The lowest BCUT2D eigenvalue weighted by atomic mass is 9.66. The molecule has 1 unspecified atom stereocenters. The van der Waals surface area contributed by atoms with Gasteiger partial charge in [0.1, 0.15) is 11.2 Å². The fourth-order valence-electron chi connectivity index (χ4n) is 12.7. The van der Waals surface area contributed by atoms with Crippen LogP contribution in [0.4, 0.5) is 17.1 Å². The molecule has 0 bridgehead atoms. The highest BCUT2D eigenvalue weighted by molar-refractivity contribution is 6.09. The van der Waals surface area contributed by atoms with Crippen LogP contribution in [0.3, 0.4) is 0 Å². The van der Waals surface area contributed by atoms with Crippen molar-refractivity contribution >= 4 is 39.0 Å². The van der Waals surface area contributed by atoms with E-state index < -0.39 is 5.41 Å². The largest absolute Gasteiger partial charge is 0.455 e. The molecule has 0 spiro atoms. The van der Waals surface area contributed by atoms with E-state index in [1.807, 2.05) is 12.1 Å². The second-order valence-corrected chi connectivity index (χ2v) is 21.2. The van der Waals surface area contributed by atoms with Crippen molar-refractivity contribution < 1.29 is 4.42 Å². The Hall–Kier alpha value is -10.5. The van der Waals surface area contributed by atoms with Gasteiger partial charge in [0.15, 0.2) is 0 Å². The van der Waals surface area contributed by atoms with E-state index >= 15 is 0 Å². The van der Waals surface area contributed by atoms with Gasteiger partial charge in [0.25, 0.3) is 0 Å². The Morgan fingerprint density at radius 3 is 1.25 bits per heavy atom. The van der Waals surface area contributed by atoms with E-state index in [4.69, 9.17) is 4.42 Å². The van der Waals surface area contributed by atoms with Crippen LogP contribution in [0.15, 0.2) is 326 Å². The zero-order chi connectivity index (χ0) is 53.7. The van der Waals surface area contributed by atoms with Crippen LogP contribution >= 0.6 is 0 Å². The maximum atomic E-state index is 6.54. The molecular formula is C79H53NO. The van der Waals surface area contributed by atoms with Gasteiger partial charge in [-0.1, -0.05) is 249 Å². The monoisotopic (exact) mass is 1030 g/mol. The summed E-state index contributed by atoms with van der Waals surface area (Å²) >= 11 is 0. The van der Waals surface area contributed by atoms with Crippen LogP contribution in [0.1, 0.15) is 22.3 Å². The van der Waals surface area contributed by atoms with E-state index in [0.717, 1.165) is 83.5 Å². The maximum Gasteiger partial charge on any atom is 0.143 e. The van der Waals surface area contributed by atoms with Crippen molar-refractivity contribution in [2.75, 3.05) is 4.90 Å². The molecule has 14 aromatic rings. The molecule has 1 aromatic heterocycles. The fourth-order valence-corrected chi connectivity index (χ4v) is 12.7. The number of para-hydroxylation sites is 2. The number of fused-ring (bicyclic) bond motifs is 6. The second-order valence-electron chi connectivity index (χ2n) is 21.2. The topological polar surface area (TPSA) is 16.4 Å². The van der Waals surface area contributed by atoms with Gasteiger partial charge in [-0.3, -0.25) is 0 Å². The minimum atomic E-state index is -0.628. The van der Waals surface area contributed by atoms with Crippen molar-refractivity contribution in [1.82, 2.24) is 0 Å². The molecular weight excluding hydrogens is 979 g/mol. The highest BCUT2D eigenvalue weighted by Gasteiger charge is 2.46. The van der Waals surface area contributed by atoms with Crippen LogP contribution in [0, 0.1) is 0 Å². The molecule has 1 heterocycles. The van der Waals surface area contributed by atoms with Crippen LogP contribution in [-0.2, 0) is 5.41 Å². The molecule has 1 aliphatic carbocycles. The molecule has 380 valence electrons. The smallest absolute Gasteiger partial charge is 0.143 e. The van der Waals surface area contributed by atoms with Crippen molar-refractivity contribution in [3.63, 3.8) is 0 Å². The number of anilines is 3. The van der Waals surface area contributed by atoms with Gasteiger partial charge in [0, 0.05) is 33.4 Å². The summed E-state index contributed by atoms with van der Waals surface area (Å²) in [4.78, 5) is 2.40. The van der Waals surface area contributed by atoms with Crippen LogP contribution in [0.25, 0.3) is 99.8 Å². The van der Waals surface area contributed by atoms with E-state index in [0.29, 0.717) is 0 Å². The van der Waals surface area contributed by atoms with Crippen molar-refractivity contribution in [2.45, 2.75) is 5.41 Å². The number of benzene rings is 13. The van der Waals surface area contributed by atoms with Gasteiger partial charge in [0.05, 0.1) is 5.41 Å². The Kier molecular flexibility index (Phi) is 11.8. The SMILES string of the molecule is c1ccc(-c2cc(-c3ccccc3)cc(N(c3ccc(-c4ccc5c(c4)C(c4ccccc4)(c4cc(-c6ccccc6)cc(-c6ccccc6)c4)c4ccccc4-5)cc3)c3ccc(-c4cccc5c4oc4ccccc45)cc3)c2)cc1. The zero-order valence-electron chi connectivity index (χ0n) is 44.5. The Labute approximate surface area is 472 Å². The number of nitrogens with zero attached hydrogens (tertiary/aromatic N) is 1. The van der Waals surface area contributed by atoms with E-state index in [-0.39, 0.29) is 0 Å². The molecule has 1 aliphatic rings. The summed E-state index contributed by atoms with van der Waals surface area (Å²) in [5, 5.41) is 2.24. The minimum absolute atomic E-state index is 0.628. The Bertz CT molecular complexity index is 4470. The molecule has 0 fully saturated rings. The van der Waals surface area contributed by atoms with Crippen LogP contribution in [0.2, 0.25) is 0 Å². The summed E-state index contributed by atoms with van der Waals surface area (Å²) in [6, 6.07) is 118. The zero-order valence-corrected chi connectivity index (χ0v) is 44.5. The van der Waals surface area contributed by atoms with Gasteiger partial charge in [-0.2, -0.15) is 0 Å². The lowest BCUT2D eigenvalue weighted by molar-refractivity contribution is 0.670. The van der Waals surface area contributed by atoms with Gasteiger partial charge in [-0.15, -0.1) is 0 Å². The third kappa shape index (κ3) is 8.36. The normalized spacial score (nSPS) is 13.5. The molecule has 15 rings (SSSR count). The predicted molar refractivity (Wildman–Crippen MR) is 338 cm³/mol. The first-order valence-electron chi connectivity index (χ1n) is 27.9. The number of hydrogen-bond acceptors (Lipinski definition) is 2. The van der Waals surface area contributed by atoms with Gasteiger partial charge in [0.2, 0.25) is 0 Å². The molecule has 0 aliphatic heterocycles. The highest BCUT2D eigenvalue weighted by atomic mass is 16.3.